The van der Waals surface area contributed by atoms with Gasteiger partial charge in [0.05, 0.1) is 10.9 Å². The summed E-state index contributed by atoms with van der Waals surface area (Å²) in [5.41, 5.74) is 5.67. The number of carbonyl (C=O) groups excluding carboxylic acids is 1. The summed E-state index contributed by atoms with van der Waals surface area (Å²) in [7, 11) is 0. The molecule has 0 saturated heterocycles. The number of thiocarbonyl (C=S) groups is 1. The van der Waals surface area contributed by atoms with Gasteiger partial charge in [0, 0.05) is 6.04 Å². The van der Waals surface area contributed by atoms with Gasteiger partial charge in [0.1, 0.15) is 0 Å². The van der Waals surface area contributed by atoms with Crippen molar-refractivity contribution in [3.8, 4) is 0 Å². The second kappa shape index (κ2) is 6.50. The third-order valence-corrected chi connectivity index (χ3v) is 4.27. The van der Waals surface area contributed by atoms with Crippen molar-refractivity contribution in [2.24, 2.45) is 29.4 Å². The first kappa shape index (κ1) is 15.4. The van der Waals surface area contributed by atoms with Crippen LogP contribution in [0.1, 0.15) is 47.0 Å². The minimum Gasteiger partial charge on any atom is -0.393 e. The second-order valence-electron chi connectivity index (χ2n) is 6.13. The van der Waals surface area contributed by atoms with Gasteiger partial charge in [-0.15, -0.1) is 0 Å². The summed E-state index contributed by atoms with van der Waals surface area (Å²) in [4.78, 5) is 12.5. The van der Waals surface area contributed by atoms with Crippen LogP contribution in [0.25, 0.3) is 0 Å². The van der Waals surface area contributed by atoms with E-state index in [9.17, 15) is 4.79 Å². The summed E-state index contributed by atoms with van der Waals surface area (Å²) in [5.74, 6) is 1.12. The van der Waals surface area contributed by atoms with Crippen LogP contribution >= 0.6 is 12.2 Å². The average molecular weight is 270 g/mol. The first-order valence-corrected chi connectivity index (χ1v) is 7.33. The quantitative estimate of drug-likeness (QED) is 0.772. The monoisotopic (exact) mass is 270 g/mol. The molecule has 0 aromatic heterocycles. The van der Waals surface area contributed by atoms with E-state index in [2.05, 4.69) is 19.2 Å². The van der Waals surface area contributed by atoms with Crippen molar-refractivity contribution in [3.63, 3.8) is 0 Å². The Balaban J connectivity index is 2.60. The first-order valence-electron chi connectivity index (χ1n) is 6.92. The summed E-state index contributed by atoms with van der Waals surface area (Å²) in [6.07, 6.45) is 3.44. The summed E-state index contributed by atoms with van der Waals surface area (Å²) in [6, 6.07) is 0.282. The van der Waals surface area contributed by atoms with Gasteiger partial charge in [0.2, 0.25) is 5.91 Å². The summed E-state index contributed by atoms with van der Waals surface area (Å²) >= 11 is 5.00. The maximum absolute atomic E-state index is 12.2. The molecule has 3 N–H and O–H groups in total. The second-order valence-corrected chi connectivity index (χ2v) is 6.61. The Kier molecular flexibility index (Phi) is 5.57. The van der Waals surface area contributed by atoms with Crippen LogP contribution in [0.3, 0.4) is 0 Å². The van der Waals surface area contributed by atoms with Gasteiger partial charge in [-0.2, -0.15) is 0 Å². The van der Waals surface area contributed by atoms with E-state index in [1.54, 1.807) is 0 Å². The fourth-order valence-corrected chi connectivity index (χ4v) is 3.29. The Bertz CT molecular complexity index is 317. The van der Waals surface area contributed by atoms with Crippen LogP contribution in [0.2, 0.25) is 0 Å². The average Bonchev–Trinajstić information content (AvgIpc) is 2.21. The van der Waals surface area contributed by atoms with E-state index in [1.165, 1.54) is 12.8 Å². The molecule has 1 saturated carbocycles. The number of nitrogens with one attached hydrogen (secondary N) is 1. The van der Waals surface area contributed by atoms with Crippen LogP contribution in [0, 0.1) is 23.7 Å². The van der Waals surface area contributed by atoms with Crippen LogP contribution in [0.5, 0.6) is 0 Å². The van der Waals surface area contributed by atoms with E-state index in [1.807, 2.05) is 13.8 Å². The molecule has 0 radical (unpaired) electrons. The van der Waals surface area contributed by atoms with Crippen molar-refractivity contribution < 1.29 is 4.79 Å². The maximum atomic E-state index is 12.2. The number of amides is 1. The molecular weight excluding hydrogens is 244 g/mol. The number of hydrogen-bond donors (Lipinski definition) is 2. The number of carbonyl (C=O) groups is 1. The van der Waals surface area contributed by atoms with E-state index in [4.69, 9.17) is 18.0 Å². The van der Waals surface area contributed by atoms with Crippen molar-refractivity contribution in [1.82, 2.24) is 5.32 Å². The van der Waals surface area contributed by atoms with E-state index >= 15 is 0 Å². The smallest absolute Gasteiger partial charge is 0.230 e. The van der Waals surface area contributed by atoms with Crippen LogP contribution in [0.4, 0.5) is 0 Å². The van der Waals surface area contributed by atoms with E-state index in [0.717, 1.165) is 12.3 Å². The summed E-state index contributed by atoms with van der Waals surface area (Å²) in [5, 5.41) is 3.15. The molecule has 4 heteroatoms. The molecule has 1 aliphatic rings. The number of hydrogen-bond acceptors (Lipinski definition) is 2. The zero-order valence-corrected chi connectivity index (χ0v) is 12.7. The molecule has 1 amide bonds. The molecule has 18 heavy (non-hydrogen) atoms. The highest BCUT2D eigenvalue weighted by atomic mass is 32.1. The van der Waals surface area contributed by atoms with E-state index in [0.29, 0.717) is 10.9 Å². The summed E-state index contributed by atoms with van der Waals surface area (Å²) in [6.45, 7) is 8.46. The topological polar surface area (TPSA) is 55.1 Å². The highest BCUT2D eigenvalue weighted by molar-refractivity contribution is 7.80. The SMILES string of the molecule is CC1CCC(NC(=O)C(C(N)=S)C(C)C)C(C)C1. The van der Waals surface area contributed by atoms with E-state index < -0.39 is 0 Å². The molecule has 104 valence electrons. The van der Waals surface area contributed by atoms with E-state index in [-0.39, 0.29) is 23.8 Å². The molecule has 1 fully saturated rings. The number of rotatable bonds is 4. The third-order valence-electron chi connectivity index (χ3n) is 4.01. The standard InChI is InChI=1S/C14H26N2OS/c1-8(2)12(13(15)18)14(17)16-11-6-5-9(3)7-10(11)4/h8-12H,5-7H2,1-4H3,(H2,15,18)(H,16,17). The maximum Gasteiger partial charge on any atom is 0.230 e. The van der Waals surface area contributed by atoms with Gasteiger partial charge in [-0.25, -0.2) is 0 Å². The van der Waals surface area contributed by atoms with Gasteiger partial charge in [0.25, 0.3) is 0 Å². The predicted octanol–water partition coefficient (Wildman–Crippen LogP) is 2.49. The fraction of sp³-hybridized carbons (Fsp3) is 0.857. The zero-order valence-electron chi connectivity index (χ0n) is 11.9. The van der Waals surface area contributed by atoms with Gasteiger partial charge in [-0.1, -0.05) is 39.9 Å². The molecule has 1 rings (SSSR count). The normalized spacial score (nSPS) is 29.9. The third kappa shape index (κ3) is 3.94. The lowest BCUT2D eigenvalue weighted by molar-refractivity contribution is -0.125. The molecule has 3 nitrogen and oxygen atoms in total. The van der Waals surface area contributed by atoms with Crippen molar-refractivity contribution in [2.75, 3.05) is 0 Å². The zero-order chi connectivity index (χ0) is 13.9. The minimum absolute atomic E-state index is 0.00361. The Labute approximate surface area is 116 Å². The van der Waals surface area contributed by atoms with Gasteiger partial charge < -0.3 is 11.1 Å². The summed E-state index contributed by atoms with van der Waals surface area (Å²) < 4.78 is 0. The lowest BCUT2D eigenvalue weighted by Crippen LogP contribution is -2.48. The molecule has 0 heterocycles. The Hall–Kier alpha value is -0.640. The molecule has 0 aromatic carbocycles. The van der Waals surface area contributed by atoms with Crippen LogP contribution in [-0.2, 0) is 4.79 Å². The molecule has 1 aliphatic carbocycles. The Morgan fingerprint density at radius 2 is 1.94 bits per heavy atom. The molecule has 4 atom stereocenters. The fourth-order valence-electron chi connectivity index (χ4n) is 2.91. The first-order chi connectivity index (χ1) is 8.32. The minimum atomic E-state index is -0.341. The highest BCUT2D eigenvalue weighted by Gasteiger charge is 2.31. The lowest BCUT2D eigenvalue weighted by Gasteiger charge is -2.34. The van der Waals surface area contributed by atoms with Gasteiger partial charge in [0.15, 0.2) is 0 Å². The Morgan fingerprint density at radius 1 is 1.33 bits per heavy atom. The van der Waals surface area contributed by atoms with Crippen molar-refractivity contribution in [2.45, 2.75) is 53.0 Å². The molecule has 4 unspecified atom stereocenters. The van der Waals surface area contributed by atoms with Crippen LogP contribution < -0.4 is 11.1 Å². The molecule has 0 bridgehead atoms. The van der Waals surface area contributed by atoms with Gasteiger partial charge in [-0.05, 0) is 37.0 Å². The number of nitrogens with two attached hydrogens (primary N) is 1. The van der Waals surface area contributed by atoms with Crippen LogP contribution in [0.15, 0.2) is 0 Å². The Morgan fingerprint density at radius 3 is 2.39 bits per heavy atom. The van der Waals surface area contributed by atoms with Crippen molar-refractivity contribution in [3.05, 3.63) is 0 Å². The lowest BCUT2D eigenvalue weighted by atomic mass is 9.79. The molecular formula is C14H26N2OS. The molecule has 0 aliphatic heterocycles. The predicted molar refractivity (Wildman–Crippen MR) is 79.2 cm³/mol. The van der Waals surface area contributed by atoms with Gasteiger partial charge >= 0.3 is 0 Å². The molecule has 0 spiro atoms. The largest absolute Gasteiger partial charge is 0.393 e. The van der Waals surface area contributed by atoms with Crippen molar-refractivity contribution in [1.29, 1.82) is 0 Å². The van der Waals surface area contributed by atoms with Gasteiger partial charge in [-0.3, -0.25) is 4.79 Å². The van der Waals surface area contributed by atoms with Crippen molar-refractivity contribution >= 4 is 23.1 Å². The molecule has 0 aromatic rings. The highest BCUT2D eigenvalue weighted by Crippen LogP contribution is 2.29. The van der Waals surface area contributed by atoms with Crippen LogP contribution in [-0.4, -0.2) is 16.9 Å².